The number of benzene rings is 1. The van der Waals surface area contributed by atoms with Crippen molar-refractivity contribution in [3.63, 3.8) is 0 Å². The molecule has 1 aromatic heterocycles. The molecule has 2 saturated heterocycles. The molecular formula is C24H31F2N5O2. The number of amides is 1. The number of hydrogen-bond donors (Lipinski definition) is 1. The Morgan fingerprint density at radius 2 is 1.85 bits per heavy atom. The van der Waals surface area contributed by atoms with Crippen molar-refractivity contribution in [3.8, 4) is 5.75 Å². The first kappa shape index (κ1) is 23.4. The lowest BCUT2D eigenvalue weighted by molar-refractivity contribution is -0.117. The van der Waals surface area contributed by atoms with Gasteiger partial charge in [0.15, 0.2) is 0 Å². The fourth-order valence-corrected chi connectivity index (χ4v) is 4.67. The number of alkyl halides is 2. The molecule has 1 aromatic carbocycles. The number of anilines is 2. The molecule has 9 heteroatoms. The monoisotopic (exact) mass is 459 g/mol. The topological polar surface area (TPSA) is 60.9 Å². The number of likely N-dealkylation sites (tertiary alicyclic amines) is 1. The standard InChI is InChI=1S/C24H31F2N5O2/c25-24(26)33-21-8-2-1-7-20(21)28-23(32)18-30-11-5-6-19(17-30)16-29-12-14-31(15-13-29)22-9-3-4-10-27-22/h1-4,7-10,19,24H,5-6,11-18H2,(H,28,32). The van der Waals surface area contributed by atoms with Crippen LogP contribution in [0.3, 0.4) is 0 Å². The summed E-state index contributed by atoms with van der Waals surface area (Å²) in [4.78, 5) is 24.0. The van der Waals surface area contributed by atoms with E-state index in [-0.39, 0.29) is 23.9 Å². The van der Waals surface area contributed by atoms with E-state index < -0.39 is 6.61 Å². The van der Waals surface area contributed by atoms with Gasteiger partial charge < -0.3 is 15.0 Å². The van der Waals surface area contributed by atoms with E-state index in [0.29, 0.717) is 5.92 Å². The molecule has 2 aromatic rings. The van der Waals surface area contributed by atoms with E-state index in [1.165, 1.54) is 6.07 Å². The molecule has 0 spiro atoms. The molecule has 1 atom stereocenters. The van der Waals surface area contributed by atoms with Gasteiger partial charge in [0.2, 0.25) is 5.91 Å². The number of nitrogens with one attached hydrogen (secondary N) is 1. The second-order valence-corrected chi connectivity index (χ2v) is 8.64. The predicted octanol–water partition coefficient (Wildman–Crippen LogP) is 3.16. The third-order valence-corrected chi connectivity index (χ3v) is 6.21. The van der Waals surface area contributed by atoms with Crippen LogP contribution < -0.4 is 15.0 Å². The normalized spacial score (nSPS) is 20.1. The Morgan fingerprint density at radius 1 is 1.06 bits per heavy atom. The Kier molecular flexibility index (Phi) is 8.06. The maximum Gasteiger partial charge on any atom is 0.387 e. The predicted molar refractivity (Wildman–Crippen MR) is 124 cm³/mol. The molecule has 2 aliphatic heterocycles. The van der Waals surface area contributed by atoms with Crippen molar-refractivity contribution in [3.05, 3.63) is 48.7 Å². The zero-order valence-electron chi connectivity index (χ0n) is 18.7. The van der Waals surface area contributed by atoms with E-state index in [9.17, 15) is 13.6 Å². The van der Waals surface area contributed by atoms with E-state index in [1.807, 2.05) is 18.3 Å². The minimum atomic E-state index is -2.93. The first-order valence-corrected chi connectivity index (χ1v) is 11.5. The van der Waals surface area contributed by atoms with E-state index in [4.69, 9.17) is 0 Å². The zero-order chi connectivity index (χ0) is 23.0. The maximum absolute atomic E-state index is 12.6. The van der Waals surface area contributed by atoms with Crippen LogP contribution in [-0.2, 0) is 4.79 Å². The molecule has 4 rings (SSSR count). The van der Waals surface area contributed by atoms with Crippen molar-refractivity contribution in [2.45, 2.75) is 19.5 Å². The van der Waals surface area contributed by atoms with Crippen LogP contribution in [0.25, 0.3) is 0 Å². The fourth-order valence-electron chi connectivity index (χ4n) is 4.67. The third kappa shape index (κ3) is 6.85. The highest BCUT2D eigenvalue weighted by molar-refractivity contribution is 5.93. The van der Waals surface area contributed by atoms with E-state index in [2.05, 4.69) is 35.8 Å². The van der Waals surface area contributed by atoms with Gasteiger partial charge in [-0.05, 0) is 49.6 Å². The summed E-state index contributed by atoms with van der Waals surface area (Å²) in [6.07, 6.45) is 4.04. The number of carbonyl (C=O) groups is 1. The lowest BCUT2D eigenvalue weighted by Crippen LogP contribution is -2.50. The van der Waals surface area contributed by atoms with Crippen LogP contribution in [0.1, 0.15) is 12.8 Å². The molecule has 2 fully saturated rings. The van der Waals surface area contributed by atoms with Gasteiger partial charge in [0.1, 0.15) is 11.6 Å². The molecular weight excluding hydrogens is 428 g/mol. The minimum absolute atomic E-state index is 0.0257. The van der Waals surface area contributed by atoms with E-state index >= 15 is 0 Å². The highest BCUT2D eigenvalue weighted by Crippen LogP contribution is 2.26. The van der Waals surface area contributed by atoms with E-state index in [1.54, 1.807) is 18.2 Å². The smallest absolute Gasteiger partial charge is 0.387 e. The molecule has 1 amide bonds. The lowest BCUT2D eigenvalue weighted by atomic mass is 9.97. The van der Waals surface area contributed by atoms with Gasteiger partial charge in [-0.1, -0.05) is 18.2 Å². The lowest BCUT2D eigenvalue weighted by Gasteiger charge is -2.39. The molecule has 2 aliphatic rings. The van der Waals surface area contributed by atoms with Gasteiger partial charge in [0.05, 0.1) is 12.2 Å². The number of pyridine rings is 1. The number of para-hydroxylation sites is 2. The quantitative estimate of drug-likeness (QED) is 0.655. The summed E-state index contributed by atoms with van der Waals surface area (Å²) in [7, 11) is 0. The van der Waals surface area contributed by atoms with E-state index in [0.717, 1.165) is 64.5 Å². The number of rotatable bonds is 8. The Bertz CT molecular complexity index is 893. The summed E-state index contributed by atoms with van der Waals surface area (Å²) in [5, 5.41) is 2.72. The van der Waals surface area contributed by atoms with Crippen molar-refractivity contribution in [2.75, 3.05) is 62.6 Å². The van der Waals surface area contributed by atoms with Gasteiger partial charge in [-0.25, -0.2) is 4.98 Å². The Hall–Kier alpha value is -2.78. The van der Waals surface area contributed by atoms with Crippen LogP contribution in [-0.4, -0.2) is 79.7 Å². The third-order valence-electron chi connectivity index (χ3n) is 6.21. The summed E-state index contributed by atoms with van der Waals surface area (Å²) >= 11 is 0. The zero-order valence-corrected chi connectivity index (χ0v) is 18.7. The van der Waals surface area contributed by atoms with Crippen LogP contribution in [0.4, 0.5) is 20.3 Å². The Balaban J connectivity index is 1.23. The first-order chi connectivity index (χ1) is 16.1. The number of hydrogen-bond acceptors (Lipinski definition) is 6. The first-order valence-electron chi connectivity index (χ1n) is 11.5. The highest BCUT2D eigenvalue weighted by atomic mass is 19.3. The summed E-state index contributed by atoms with van der Waals surface area (Å²) in [5.41, 5.74) is 0.266. The van der Waals surface area contributed by atoms with Crippen LogP contribution in [0.2, 0.25) is 0 Å². The number of piperazine rings is 1. The van der Waals surface area contributed by atoms with Crippen LogP contribution in [0, 0.1) is 5.92 Å². The van der Waals surface area contributed by atoms with Gasteiger partial charge >= 0.3 is 6.61 Å². The second-order valence-electron chi connectivity index (χ2n) is 8.64. The second kappa shape index (κ2) is 11.4. The van der Waals surface area contributed by atoms with Crippen molar-refractivity contribution >= 4 is 17.4 Å². The number of carbonyl (C=O) groups excluding carboxylic acids is 1. The van der Waals surface area contributed by atoms with Crippen molar-refractivity contribution in [1.29, 1.82) is 0 Å². The van der Waals surface area contributed by atoms with Gasteiger partial charge in [-0.2, -0.15) is 8.78 Å². The minimum Gasteiger partial charge on any atom is -0.433 e. The number of halogens is 2. The molecule has 0 saturated carbocycles. The number of nitrogens with zero attached hydrogens (tertiary/aromatic N) is 4. The highest BCUT2D eigenvalue weighted by Gasteiger charge is 2.26. The molecule has 178 valence electrons. The molecule has 7 nitrogen and oxygen atoms in total. The number of piperidine rings is 1. The molecule has 0 bridgehead atoms. The molecule has 0 radical (unpaired) electrons. The van der Waals surface area contributed by atoms with Gasteiger partial charge in [0.25, 0.3) is 0 Å². The molecule has 1 unspecified atom stereocenters. The molecule has 1 N–H and O–H groups in total. The van der Waals surface area contributed by atoms with Gasteiger partial charge in [-0.15, -0.1) is 0 Å². The Labute approximate surface area is 193 Å². The SMILES string of the molecule is O=C(CN1CCCC(CN2CCN(c3ccccn3)CC2)C1)Nc1ccccc1OC(F)F. The van der Waals surface area contributed by atoms with Crippen LogP contribution >= 0.6 is 0 Å². The summed E-state index contributed by atoms with van der Waals surface area (Å²) in [5.74, 6) is 1.31. The van der Waals surface area contributed by atoms with Crippen LogP contribution in [0.5, 0.6) is 5.75 Å². The van der Waals surface area contributed by atoms with Gasteiger partial charge in [-0.3, -0.25) is 14.6 Å². The fraction of sp³-hybridized carbons (Fsp3) is 0.500. The summed E-state index contributed by atoms with van der Waals surface area (Å²) in [6.45, 7) is 4.02. The average Bonchev–Trinajstić information content (AvgIpc) is 2.81. The molecule has 33 heavy (non-hydrogen) atoms. The molecule has 0 aliphatic carbocycles. The Morgan fingerprint density at radius 3 is 2.61 bits per heavy atom. The number of aromatic nitrogens is 1. The maximum atomic E-state index is 12.6. The largest absolute Gasteiger partial charge is 0.433 e. The summed E-state index contributed by atoms with van der Waals surface area (Å²) in [6, 6.07) is 12.3. The van der Waals surface area contributed by atoms with Crippen molar-refractivity contribution < 1.29 is 18.3 Å². The number of ether oxygens (including phenoxy) is 1. The van der Waals surface area contributed by atoms with Crippen molar-refractivity contribution in [1.82, 2.24) is 14.8 Å². The average molecular weight is 460 g/mol. The van der Waals surface area contributed by atoms with Crippen molar-refractivity contribution in [2.24, 2.45) is 5.92 Å². The summed E-state index contributed by atoms with van der Waals surface area (Å²) < 4.78 is 29.7. The molecule has 3 heterocycles. The van der Waals surface area contributed by atoms with Gasteiger partial charge in [0, 0.05) is 45.5 Å². The van der Waals surface area contributed by atoms with Crippen LogP contribution in [0.15, 0.2) is 48.7 Å².